The molecule has 3 rings (SSSR count). The molecule has 0 atom stereocenters. The van der Waals surface area contributed by atoms with E-state index in [0.717, 1.165) is 43.0 Å². The normalized spacial score (nSPS) is 15.3. The van der Waals surface area contributed by atoms with Gasteiger partial charge in [-0.25, -0.2) is 0 Å². The van der Waals surface area contributed by atoms with Crippen LogP contribution in [0.3, 0.4) is 0 Å². The van der Waals surface area contributed by atoms with Crippen LogP contribution >= 0.6 is 0 Å². The number of hydrogen-bond donors (Lipinski definition) is 3. The highest BCUT2D eigenvalue weighted by atomic mass is 19.4. The van der Waals surface area contributed by atoms with E-state index in [4.69, 9.17) is 10.5 Å². The fourth-order valence-corrected chi connectivity index (χ4v) is 4.48. The fraction of sp³-hybridized carbons (Fsp3) is 0.414. The van der Waals surface area contributed by atoms with Crippen LogP contribution < -0.4 is 10.6 Å². The summed E-state index contributed by atoms with van der Waals surface area (Å²) in [7, 11) is 2.04. The van der Waals surface area contributed by atoms with Crippen LogP contribution in [0.1, 0.15) is 49.3 Å². The number of anilines is 1. The number of carbonyl (C=O) groups is 2. The van der Waals surface area contributed by atoms with Crippen molar-refractivity contribution < 1.29 is 37.7 Å². The van der Waals surface area contributed by atoms with E-state index >= 15 is 0 Å². The lowest BCUT2D eigenvalue weighted by Crippen LogP contribution is -2.33. The van der Waals surface area contributed by atoms with Crippen molar-refractivity contribution >= 4 is 29.5 Å². The van der Waals surface area contributed by atoms with Gasteiger partial charge in [0.1, 0.15) is 22.9 Å². The molecular weight excluding hydrogens is 541 g/mol. The number of rotatable bonds is 10. The topological polar surface area (TPSA) is 129 Å². The number of amides is 1. The number of alkyl halides is 3. The number of carbonyl (C=O) groups excluding carboxylic acids is 2. The highest BCUT2D eigenvalue weighted by Crippen LogP contribution is 2.42. The summed E-state index contributed by atoms with van der Waals surface area (Å²) in [6.45, 7) is 3.17. The van der Waals surface area contributed by atoms with E-state index in [1.54, 1.807) is 19.1 Å². The van der Waals surface area contributed by atoms with Crippen LogP contribution in [-0.4, -0.2) is 72.2 Å². The number of likely N-dealkylation sites (tertiary alicyclic amines) is 1. The Morgan fingerprint density at radius 1 is 1.15 bits per heavy atom. The number of aliphatic imine (C=N–C) groups is 1. The third kappa shape index (κ3) is 8.71. The van der Waals surface area contributed by atoms with Crippen molar-refractivity contribution in [3.8, 4) is 11.5 Å². The molecule has 41 heavy (non-hydrogen) atoms. The molecule has 0 saturated carbocycles. The number of benzene rings is 2. The molecular formula is C29H35F3N4O5. The Bertz CT molecular complexity index is 1290. The summed E-state index contributed by atoms with van der Waals surface area (Å²) in [5.74, 6) is -2.28. The van der Waals surface area contributed by atoms with Crippen LogP contribution in [-0.2, 0) is 20.5 Å². The highest BCUT2D eigenvalue weighted by molar-refractivity contribution is 5.98. The lowest BCUT2D eigenvalue weighted by atomic mass is 10.0. The van der Waals surface area contributed by atoms with Crippen molar-refractivity contribution in [2.45, 2.75) is 44.8 Å². The first kappa shape index (κ1) is 31.5. The molecule has 1 aliphatic heterocycles. The number of phenols is 2. The molecule has 0 bridgehead atoms. The maximum absolute atomic E-state index is 13.8. The maximum atomic E-state index is 13.8. The van der Waals surface area contributed by atoms with E-state index < -0.39 is 41.5 Å². The van der Waals surface area contributed by atoms with Gasteiger partial charge in [0.15, 0.2) is 0 Å². The van der Waals surface area contributed by atoms with Gasteiger partial charge in [-0.1, -0.05) is 18.2 Å². The minimum atomic E-state index is -4.96. The number of halogens is 3. The predicted molar refractivity (Wildman–Crippen MR) is 150 cm³/mol. The molecule has 4 N–H and O–H groups in total. The third-order valence-electron chi connectivity index (χ3n) is 6.66. The molecule has 1 heterocycles. The average molecular weight is 577 g/mol. The first-order valence-electron chi connectivity index (χ1n) is 13.3. The largest absolute Gasteiger partial charge is 0.507 e. The van der Waals surface area contributed by atoms with Crippen molar-refractivity contribution in [2.75, 3.05) is 38.2 Å². The zero-order chi connectivity index (χ0) is 30.2. The highest BCUT2D eigenvalue weighted by Gasteiger charge is 2.39. The minimum absolute atomic E-state index is 0.0818. The van der Waals surface area contributed by atoms with E-state index in [1.807, 2.05) is 7.05 Å². The predicted octanol–water partition coefficient (Wildman–Crippen LogP) is 4.31. The Kier molecular flexibility index (Phi) is 10.8. The van der Waals surface area contributed by atoms with E-state index in [0.29, 0.717) is 17.0 Å². The summed E-state index contributed by atoms with van der Waals surface area (Å²) >= 11 is 0. The Labute approximate surface area is 236 Å². The molecule has 2 aromatic rings. The number of phenolic OH excluding ortho intramolecular Hbond substituents is 2. The van der Waals surface area contributed by atoms with Gasteiger partial charge >= 0.3 is 12.1 Å². The number of nitrogens with two attached hydrogens (primary N) is 1. The molecule has 0 unspecified atom stereocenters. The number of amidine groups is 1. The molecule has 2 aromatic carbocycles. The molecule has 12 heteroatoms. The lowest BCUT2D eigenvalue weighted by molar-refractivity contribution is -0.144. The molecule has 0 spiro atoms. The minimum Gasteiger partial charge on any atom is -0.507 e. The standard InChI is InChI=1S/C29H35F3N4O5/c1-3-41-26(40)12-11-25(39)36(22-7-4-8-24(38)27(22)29(30,31)32)15-5-6-19-18-20(9-10-23(19)37)28(33)34-21-13-16-35(2)17-14-21/h4-10,18,21,37-38H,3,11-17H2,1-2H3,(H2,33,34)/b6-5+. The monoisotopic (exact) mass is 576 g/mol. The second kappa shape index (κ2) is 14.0. The molecule has 1 aliphatic rings. The van der Waals surface area contributed by atoms with Crippen LogP contribution in [0.15, 0.2) is 47.5 Å². The Morgan fingerprint density at radius 2 is 1.85 bits per heavy atom. The summed E-state index contributed by atoms with van der Waals surface area (Å²) < 4.78 is 46.4. The van der Waals surface area contributed by atoms with E-state index in [-0.39, 0.29) is 31.4 Å². The summed E-state index contributed by atoms with van der Waals surface area (Å²) in [6.07, 6.45) is -1.11. The van der Waals surface area contributed by atoms with Gasteiger partial charge in [-0.3, -0.25) is 14.6 Å². The molecule has 0 aromatic heterocycles. The van der Waals surface area contributed by atoms with Crippen molar-refractivity contribution in [1.29, 1.82) is 0 Å². The molecule has 1 saturated heterocycles. The number of ether oxygens (including phenoxy) is 1. The van der Waals surface area contributed by atoms with Gasteiger partial charge in [0, 0.05) is 24.1 Å². The second-order valence-corrected chi connectivity index (χ2v) is 9.70. The zero-order valence-electron chi connectivity index (χ0n) is 23.0. The molecule has 1 fully saturated rings. The smallest absolute Gasteiger partial charge is 0.421 e. The number of esters is 1. The van der Waals surface area contributed by atoms with Gasteiger partial charge in [-0.15, -0.1) is 0 Å². The third-order valence-corrected chi connectivity index (χ3v) is 6.66. The van der Waals surface area contributed by atoms with Crippen LogP contribution in [0.5, 0.6) is 11.5 Å². The Hall–Kier alpha value is -4.06. The quantitative estimate of drug-likeness (QED) is 0.219. The van der Waals surface area contributed by atoms with Crippen molar-refractivity contribution in [1.82, 2.24) is 4.90 Å². The van der Waals surface area contributed by atoms with Gasteiger partial charge < -0.3 is 30.5 Å². The molecule has 1 amide bonds. The average Bonchev–Trinajstić information content (AvgIpc) is 2.91. The Balaban J connectivity index is 1.87. The van der Waals surface area contributed by atoms with Crippen LogP contribution in [0.4, 0.5) is 18.9 Å². The number of aromatic hydroxyl groups is 2. The summed E-state index contributed by atoms with van der Waals surface area (Å²) in [5, 5.41) is 20.4. The SMILES string of the molecule is CCOC(=O)CCC(=O)N(C/C=C/c1cc(C(N)=NC2CCN(C)CC2)ccc1O)c1cccc(O)c1C(F)(F)F. The molecule has 9 nitrogen and oxygen atoms in total. The second-order valence-electron chi connectivity index (χ2n) is 9.70. The summed E-state index contributed by atoms with van der Waals surface area (Å²) in [5.41, 5.74) is 5.17. The van der Waals surface area contributed by atoms with Crippen molar-refractivity contribution in [3.05, 3.63) is 59.2 Å². The van der Waals surface area contributed by atoms with Gasteiger partial charge in [-0.2, -0.15) is 13.2 Å². The van der Waals surface area contributed by atoms with E-state index in [2.05, 4.69) is 9.89 Å². The fourth-order valence-electron chi connectivity index (χ4n) is 4.48. The summed E-state index contributed by atoms with van der Waals surface area (Å²) in [4.78, 5) is 32.5. The van der Waals surface area contributed by atoms with E-state index in [9.17, 15) is 33.0 Å². The summed E-state index contributed by atoms with van der Waals surface area (Å²) in [6, 6.07) is 7.87. The van der Waals surface area contributed by atoms with Gasteiger partial charge in [0.2, 0.25) is 5.91 Å². The first-order chi connectivity index (χ1) is 19.4. The number of nitrogens with zero attached hydrogens (tertiary/aromatic N) is 3. The Morgan fingerprint density at radius 3 is 2.51 bits per heavy atom. The lowest BCUT2D eigenvalue weighted by Gasteiger charge is -2.26. The van der Waals surface area contributed by atoms with Gasteiger partial charge in [-0.05, 0) is 70.2 Å². The zero-order valence-corrected chi connectivity index (χ0v) is 23.0. The van der Waals surface area contributed by atoms with Crippen molar-refractivity contribution in [2.24, 2.45) is 10.7 Å². The van der Waals surface area contributed by atoms with Gasteiger partial charge in [0.25, 0.3) is 0 Å². The molecule has 0 aliphatic carbocycles. The van der Waals surface area contributed by atoms with Gasteiger partial charge in [0.05, 0.1) is 24.8 Å². The number of piperidine rings is 1. The van der Waals surface area contributed by atoms with Crippen LogP contribution in [0.25, 0.3) is 6.08 Å². The van der Waals surface area contributed by atoms with Crippen LogP contribution in [0, 0.1) is 0 Å². The van der Waals surface area contributed by atoms with Crippen molar-refractivity contribution in [3.63, 3.8) is 0 Å². The molecule has 222 valence electrons. The maximum Gasteiger partial charge on any atom is 0.421 e. The molecule has 0 radical (unpaired) electrons. The van der Waals surface area contributed by atoms with E-state index in [1.165, 1.54) is 24.3 Å². The first-order valence-corrected chi connectivity index (χ1v) is 13.3. The van der Waals surface area contributed by atoms with Crippen LogP contribution in [0.2, 0.25) is 0 Å². The number of hydrogen-bond acceptors (Lipinski definition) is 7.